The molecule has 1 heterocycles. The van der Waals surface area contributed by atoms with Gasteiger partial charge in [0.05, 0.1) is 24.7 Å². The zero-order valence-corrected chi connectivity index (χ0v) is 19.6. The monoisotopic (exact) mass is 498 g/mol. The number of allylic oxidation sites excluding steroid dienone is 1. The van der Waals surface area contributed by atoms with Crippen molar-refractivity contribution in [2.75, 3.05) is 40.4 Å². The first-order valence-corrected chi connectivity index (χ1v) is 11.8. The Morgan fingerprint density at radius 1 is 1.06 bits per heavy atom. The smallest absolute Gasteiger partial charge is 0.416 e. The molecule has 0 bridgehead atoms. The lowest BCUT2D eigenvalue weighted by molar-refractivity contribution is -0.137. The molecule has 11 heteroatoms. The normalized spacial score (nSPS) is 15.1. The van der Waals surface area contributed by atoms with E-state index in [2.05, 4.69) is 6.58 Å². The van der Waals surface area contributed by atoms with E-state index in [4.69, 9.17) is 9.47 Å². The van der Waals surface area contributed by atoms with Crippen LogP contribution in [0.15, 0.2) is 53.9 Å². The summed E-state index contributed by atoms with van der Waals surface area (Å²) in [4.78, 5) is 14.4. The van der Waals surface area contributed by atoms with E-state index in [-0.39, 0.29) is 37.0 Å². The highest BCUT2D eigenvalue weighted by molar-refractivity contribution is 7.89. The summed E-state index contributed by atoms with van der Waals surface area (Å²) in [6.07, 6.45) is -2.42. The summed E-state index contributed by atoms with van der Waals surface area (Å²) >= 11 is 0. The van der Waals surface area contributed by atoms with Crippen LogP contribution in [-0.4, -0.2) is 63.9 Å². The first kappa shape index (κ1) is 25.6. The van der Waals surface area contributed by atoms with E-state index in [0.717, 1.165) is 34.1 Å². The van der Waals surface area contributed by atoms with Crippen molar-refractivity contribution in [2.45, 2.75) is 17.5 Å². The van der Waals surface area contributed by atoms with Gasteiger partial charge in [-0.3, -0.25) is 4.79 Å². The Morgan fingerprint density at radius 3 is 2.18 bits per heavy atom. The number of hydrogen-bond donors (Lipinski definition) is 0. The summed E-state index contributed by atoms with van der Waals surface area (Å²) < 4.78 is 75.9. The van der Waals surface area contributed by atoms with Crippen LogP contribution in [0.1, 0.15) is 21.5 Å². The van der Waals surface area contributed by atoms with Gasteiger partial charge in [0.1, 0.15) is 0 Å². The van der Waals surface area contributed by atoms with E-state index in [1.807, 2.05) is 0 Å². The van der Waals surface area contributed by atoms with Crippen LogP contribution in [0.25, 0.3) is 0 Å². The number of rotatable bonds is 7. The molecule has 0 unspecified atom stereocenters. The molecule has 0 atom stereocenters. The Kier molecular flexibility index (Phi) is 7.57. The van der Waals surface area contributed by atoms with Gasteiger partial charge >= 0.3 is 6.18 Å². The first-order chi connectivity index (χ1) is 16.0. The van der Waals surface area contributed by atoms with Crippen LogP contribution in [-0.2, 0) is 22.6 Å². The summed E-state index contributed by atoms with van der Waals surface area (Å²) in [5.74, 6) is 0.609. The third kappa shape index (κ3) is 5.20. The summed E-state index contributed by atoms with van der Waals surface area (Å²) in [7, 11) is -1.02. The largest absolute Gasteiger partial charge is 0.493 e. The highest BCUT2D eigenvalue weighted by Gasteiger charge is 2.33. The lowest BCUT2D eigenvalue weighted by atomic mass is 10.0. The Bertz CT molecular complexity index is 1160. The molecule has 3 rings (SSSR count). The van der Waals surface area contributed by atoms with Gasteiger partial charge in [-0.1, -0.05) is 6.08 Å². The van der Waals surface area contributed by atoms with Gasteiger partial charge in [-0.15, -0.1) is 6.58 Å². The molecule has 0 saturated carbocycles. The van der Waals surface area contributed by atoms with Crippen molar-refractivity contribution in [3.8, 4) is 11.5 Å². The van der Waals surface area contributed by atoms with Gasteiger partial charge in [0.15, 0.2) is 11.5 Å². The van der Waals surface area contributed by atoms with E-state index < -0.39 is 21.8 Å². The van der Waals surface area contributed by atoms with Crippen molar-refractivity contribution in [1.29, 1.82) is 0 Å². The van der Waals surface area contributed by atoms with Crippen molar-refractivity contribution >= 4 is 15.9 Å². The molecule has 1 saturated heterocycles. The molecule has 1 aliphatic heterocycles. The molecule has 184 valence electrons. The number of carbonyl (C=O) groups is 1. The number of nitrogens with zero attached hydrogens (tertiary/aromatic N) is 2. The van der Waals surface area contributed by atoms with Crippen LogP contribution in [0.2, 0.25) is 0 Å². The highest BCUT2D eigenvalue weighted by Crippen LogP contribution is 2.34. The molecule has 1 aliphatic rings. The minimum Gasteiger partial charge on any atom is -0.493 e. The van der Waals surface area contributed by atoms with Gasteiger partial charge in [-0.2, -0.15) is 17.5 Å². The maximum atomic E-state index is 13.1. The minimum absolute atomic E-state index is 0.0158. The fraction of sp³-hybridized carbons (Fsp3) is 0.348. The number of methoxy groups -OCH3 is 2. The fourth-order valence-electron chi connectivity index (χ4n) is 3.75. The standard InChI is InChI=1S/C23H25F3N2O5S/c1-4-5-16-14-17(15-20(32-2)21(16)33-3)22(29)27-10-12-28(13-11-27)34(30,31)19-8-6-18(7-9-19)23(24,25)26/h4,6-9,14-15H,1,5,10-13H2,2-3H3. The van der Waals surface area contributed by atoms with Crippen molar-refractivity contribution in [2.24, 2.45) is 0 Å². The van der Waals surface area contributed by atoms with Crippen molar-refractivity contribution < 1.29 is 35.9 Å². The molecule has 0 spiro atoms. The summed E-state index contributed by atoms with van der Waals surface area (Å²) in [6.45, 7) is 4.00. The topological polar surface area (TPSA) is 76.2 Å². The Morgan fingerprint density at radius 2 is 1.68 bits per heavy atom. The molecule has 0 N–H and O–H groups in total. The second kappa shape index (κ2) is 10.1. The van der Waals surface area contributed by atoms with Gasteiger partial charge in [-0.25, -0.2) is 8.42 Å². The molecule has 1 fully saturated rings. The molecule has 2 aromatic rings. The fourth-order valence-corrected chi connectivity index (χ4v) is 5.18. The van der Waals surface area contributed by atoms with Crippen LogP contribution in [0, 0.1) is 0 Å². The van der Waals surface area contributed by atoms with Gasteiger partial charge in [0.25, 0.3) is 5.91 Å². The van der Waals surface area contributed by atoms with Crippen LogP contribution in [0.3, 0.4) is 0 Å². The molecule has 0 aromatic heterocycles. The second-order valence-corrected chi connectivity index (χ2v) is 9.52. The van der Waals surface area contributed by atoms with Gasteiger partial charge < -0.3 is 14.4 Å². The third-order valence-corrected chi connectivity index (χ3v) is 7.43. The van der Waals surface area contributed by atoms with Crippen LogP contribution in [0.4, 0.5) is 13.2 Å². The number of piperazine rings is 1. The zero-order valence-electron chi connectivity index (χ0n) is 18.8. The summed E-state index contributed by atoms with van der Waals surface area (Å²) in [6, 6.07) is 6.63. The minimum atomic E-state index is -4.55. The van der Waals surface area contributed by atoms with Gasteiger partial charge in [-0.05, 0) is 42.8 Å². The number of halogens is 3. The average Bonchev–Trinajstić information content (AvgIpc) is 2.82. The molecule has 34 heavy (non-hydrogen) atoms. The Balaban J connectivity index is 1.75. The van der Waals surface area contributed by atoms with Crippen LogP contribution in [0.5, 0.6) is 11.5 Å². The maximum Gasteiger partial charge on any atom is 0.416 e. The number of hydrogen-bond acceptors (Lipinski definition) is 5. The third-order valence-electron chi connectivity index (χ3n) is 5.51. The zero-order chi connectivity index (χ0) is 25.1. The second-order valence-electron chi connectivity index (χ2n) is 7.58. The molecule has 0 aliphatic carbocycles. The van der Waals surface area contributed by atoms with Crippen LogP contribution >= 0.6 is 0 Å². The maximum absolute atomic E-state index is 13.1. The predicted octanol–water partition coefficient (Wildman–Crippen LogP) is 3.60. The summed E-state index contributed by atoms with van der Waals surface area (Å²) in [5.41, 5.74) is 0.171. The van der Waals surface area contributed by atoms with Gasteiger partial charge in [0.2, 0.25) is 10.0 Å². The van der Waals surface area contributed by atoms with Crippen molar-refractivity contribution in [3.05, 3.63) is 65.7 Å². The highest BCUT2D eigenvalue weighted by atomic mass is 32.2. The van der Waals surface area contributed by atoms with Crippen molar-refractivity contribution in [1.82, 2.24) is 9.21 Å². The quantitative estimate of drug-likeness (QED) is 0.546. The van der Waals surface area contributed by atoms with E-state index in [1.165, 1.54) is 19.1 Å². The first-order valence-electron chi connectivity index (χ1n) is 10.4. The van der Waals surface area contributed by atoms with E-state index >= 15 is 0 Å². The Hall–Kier alpha value is -3.05. The lowest BCUT2D eigenvalue weighted by Crippen LogP contribution is -2.50. The van der Waals surface area contributed by atoms with E-state index in [1.54, 1.807) is 18.2 Å². The number of benzene rings is 2. The molecule has 0 radical (unpaired) electrons. The van der Waals surface area contributed by atoms with Crippen molar-refractivity contribution in [3.63, 3.8) is 0 Å². The van der Waals surface area contributed by atoms with Gasteiger partial charge in [0, 0.05) is 37.3 Å². The SMILES string of the molecule is C=CCc1cc(C(=O)N2CCN(S(=O)(=O)c3ccc(C(F)(F)F)cc3)CC2)cc(OC)c1OC. The summed E-state index contributed by atoms with van der Waals surface area (Å²) in [5, 5.41) is 0. The predicted molar refractivity (Wildman–Crippen MR) is 120 cm³/mol. The molecule has 2 aromatic carbocycles. The number of alkyl halides is 3. The average molecular weight is 499 g/mol. The number of amides is 1. The number of carbonyl (C=O) groups excluding carboxylic acids is 1. The van der Waals surface area contributed by atoms with E-state index in [0.29, 0.717) is 23.5 Å². The Labute approximate surface area is 196 Å². The number of sulfonamides is 1. The molecular weight excluding hydrogens is 473 g/mol. The molecule has 7 nitrogen and oxygen atoms in total. The molecular formula is C23H25F3N2O5S. The molecule has 1 amide bonds. The lowest BCUT2D eigenvalue weighted by Gasteiger charge is -2.34. The van der Waals surface area contributed by atoms with Crippen LogP contribution < -0.4 is 9.47 Å². The van der Waals surface area contributed by atoms with E-state index in [9.17, 15) is 26.4 Å². The number of ether oxygens (including phenoxy) is 2.